The van der Waals surface area contributed by atoms with Crippen LogP contribution in [0.5, 0.6) is 0 Å². The maximum Gasteiger partial charge on any atom is 0.416 e. The van der Waals surface area contributed by atoms with Gasteiger partial charge in [-0.05, 0) is 67.9 Å². The molecule has 0 atom stereocenters. The molecule has 13 heteroatoms. The van der Waals surface area contributed by atoms with E-state index in [1.165, 1.54) is 18.2 Å². The fraction of sp³-hybridized carbons (Fsp3) is 0.242. The summed E-state index contributed by atoms with van der Waals surface area (Å²) in [7, 11) is 3.76. The Kier molecular flexibility index (Phi) is 8.14. The van der Waals surface area contributed by atoms with Crippen molar-refractivity contribution >= 4 is 34.3 Å². The van der Waals surface area contributed by atoms with E-state index in [9.17, 15) is 18.0 Å². The van der Waals surface area contributed by atoms with E-state index >= 15 is 4.39 Å². The summed E-state index contributed by atoms with van der Waals surface area (Å²) in [6.45, 7) is 4.11. The van der Waals surface area contributed by atoms with Crippen molar-refractivity contribution in [3.8, 4) is 11.8 Å². The van der Waals surface area contributed by atoms with Gasteiger partial charge in [-0.3, -0.25) is 13.9 Å². The minimum atomic E-state index is -4.63. The van der Waals surface area contributed by atoms with Crippen LogP contribution in [0.1, 0.15) is 32.7 Å². The molecule has 2 aromatic carbocycles. The van der Waals surface area contributed by atoms with E-state index in [4.69, 9.17) is 0 Å². The van der Waals surface area contributed by atoms with Gasteiger partial charge in [-0.15, -0.1) is 0 Å². The highest BCUT2D eigenvalue weighted by atomic mass is 19.4. The second-order valence-electron chi connectivity index (χ2n) is 11.2. The standard InChI is InChI=1S/C33H30F4N8O/c1-21-13-29(34)28(32(46)41-24-15-23(33(35,36)37)16-27(17-24)44-11-9-42(2)10-12-44)14-22(21)6-7-26-19-38-31-30(5-4-8-45(26)31)40-25-18-39-43(3)20-25/h4-5,8,13-20,40H,9-12H2,1-3H3,(H,41,46). The number of nitrogens with one attached hydrogen (secondary N) is 2. The van der Waals surface area contributed by atoms with Crippen LogP contribution >= 0.6 is 0 Å². The van der Waals surface area contributed by atoms with Crippen LogP contribution in [0.15, 0.2) is 67.3 Å². The number of rotatable bonds is 5. The number of nitrogens with zero attached hydrogens (tertiary/aromatic N) is 6. The Labute approximate surface area is 262 Å². The number of aromatic nitrogens is 4. The van der Waals surface area contributed by atoms with Crippen LogP contribution in [0.2, 0.25) is 0 Å². The summed E-state index contributed by atoms with van der Waals surface area (Å²) in [4.78, 5) is 21.7. The average molecular weight is 631 g/mol. The number of likely N-dealkylation sites (N-methyl/N-ethyl adjacent to an activating group) is 1. The Hall–Kier alpha value is -5.35. The number of hydrogen-bond donors (Lipinski definition) is 2. The monoisotopic (exact) mass is 630 g/mol. The molecule has 2 N–H and O–H groups in total. The van der Waals surface area contributed by atoms with E-state index in [1.54, 1.807) is 28.4 Å². The van der Waals surface area contributed by atoms with Gasteiger partial charge in [0.25, 0.3) is 5.91 Å². The van der Waals surface area contributed by atoms with Gasteiger partial charge in [0.2, 0.25) is 0 Å². The molecule has 1 amide bonds. The minimum Gasteiger partial charge on any atom is -0.369 e. The number of benzene rings is 2. The molecule has 1 saturated heterocycles. The molecule has 4 heterocycles. The van der Waals surface area contributed by atoms with Crippen LogP contribution in [-0.2, 0) is 13.2 Å². The van der Waals surface area contributed by atoms with Gasteiger partial charge >= 0.3 is 6.18 Å². The molecule has 1 aliphatic heterocycles. The summed E-state index contributed by atoms with van der Waals surface area (Å²) in [6, 6.07) is 9.61. The minimum absolute atomic E-state index is 0.0808. The van der Waals surface area contributed by atoms with Gasteiger partial charge < -0.3 is 20.4 Å². The Balaban J connectivity index is 1.27. The quantitative estimate of drug-likeness (QED) is 0.192. The molecule has 5 aromatic rings. The lowest BCUT2D eigenvalue weighted by Gasteiger charge is -2.34. The molecule has 0 aliphatic carbocycles. The van der Waals surface area contributed by atoms with Gasteiger partial charge in [0, 0.05) is 62.6 Å². The summed E-state index contributed by atoms with van der Waals surface area (Å²) in [5.41, 5.74) is 2.61. The van der Waals surface area contributed by atoms with E-state index in [0.29, 0.717) is 54.3 Å². The number of pyridine rings is 1. The first kappa shape index (κ1) is 30.7. The molecule has 6 rings (SSSR count). The molecule has 1 fully saturated rings. The Morgan fingerprint density at radius 2 is 1.76 bits per heavy atom. The molecule has 0 bridgehead atoms. The van der Waals surface area contributed by atoms with Crippen molar-refractivity contribution in [2.45, 2.75) is 13.1 Å². The number of fused-ring (bicyclic) bond motifs is 1. The second kappa shape index (κ2) is 12.2. The normalized spacial score (nSPS) is 13.8. The first-order valence-corrected chi connectivity index (χ1v) is 14.5. The molecule has 1 aliphatic rings. The lowest BCUT2D eigenvalue weighted by atomic mass is 10.0. The maximum atomic E-state index is 15.1. The van der Waals surface area contributed by atoms with Gasteiger partial charge in [0.15, 0.2) is 5.65 Å². The molecule has 236 valence electrons. The van der Waals surface area contributed by atoms with E-state index in [0.717, 1.165) is 23.5 Å². The van der Waals surface area contributed by atoms with Gasteiger partial charge in [0.05, 0.1) is 34.9 Å². The van der Waals surface area contributed by atoms with Gasteiger partial charge in [-0.2, -0.15) is 18.3 Å². The van der Waals surface area contributed by atoms with Crippen molar-refractivity contribution in [2.24, 2.45) is 7.05 Å². The van der Waals surface area contributed by atoms with Crippen LogP contribution in [0, 0.1) is 24.6 Å². The number of anilines is 4. The highest BCUT2D eigenvalue weighted by Crippen LogP contribution is 2.35. The zero-order chi connectivity index (χ0) is 32.6. The number of piperazine rings is 1. The Morgan fingerprint density at radius 3 is 2.48 bits per heavy atom. The number of hydrogen-bond acceptors (Lipinski definition) is 6. The number of alkyl halides is 3. The van der Waals surface area contributed by atoms with Gasteiger partial charge in [0.1, 0.15) is 11.5 Å². The fourth-order valence-electron chi connectivity index (χ4n) is 5.25. The third-order valence-electron chi connectivity index (χ3n) is 7.77. The third-order valence-corrected chi connectivity index (χ3v) is 7.77. The number of amides is 1. The molecule has 3 aromatic heterocycles. The average Bonchev–Trinajstić information content (AvgIpc) is 3.62. The molecule has 0 spiro atoms. The zero-order valence-electron chi connectivity index (χ0n) is 25.3. The van der Waals surface area contributed by atoms with Crippen molar-refractivity contribution in [1.29, 1.82) is 0 Å². The predicted octanol–water partition coefficient (Wildman–Crippen LogP) is 5.68. The predicted molar refractivity (Wildman–Crippen MR) is 168 cm³/mol. The van der Waals surface area contributed by atoms with Crippen molar-refractivity contribution in [1.82, 2.24) is 24.1 Å². The SMILES string of the molecule is Cc1cc(F)c(C(=O)Nc2cc(N3CCN(C)CC3)cc(C(F)(F)F)c2)cc1C#Cc1cnc2c(Nc3cnn(C)c3)cccn12. The van der Waals surface area contributed by atoms with E-state index in [2.05, 4.69) is 37.5 Å². The zero-order valence-corrected chi connectivity index (χ0v) is 25.3. The summed E-state index contributed by atoms with van der Waals surface area (Å²) in [5.74, 6) is 4.35. The molecule has 0 saturated carbocycles. The first-order valence-electron chi connectivity index (χ1n) is 14.5. The Morgan fingerprint density at radius 1 is 0.978 bits per heavy atom. The molecular weight excluding hydrogens is 600 g/mol. The number of imidazole rings is 1. The second-order valence-corrected chi connectivity index (χ2v) is 11.2. The van der Waals surface area contributed by atoms with Gasteiger partial charge in [-0.1, -0.05) is 5.92 Å². The summed E-state index contributed by atoms with van der Waals surface area (Å²) < 4.78 is 59.9. The number of aryl methyl sites for hydroxylation is 2. The highest BCUT2D eigenvalue weighted by molar-refractivity contribution is 6.05. The van der Waals surface area contributed by atoms with E-state index < -0.39 is 23.5 Å². The molecule has 46 heavy (non-hydrogen) atoms. The Bertz CT molecular complexity index is 1990. The summed E-state index contributed by atoms with van der Waals surface area (Å²) in [5, 5.41) is 9.91. The van der Waals surface area contributed by atoms with Crippen molar-refractivity contribution in [3.63, 3.8) is 0 Å². The topological polar surface area (TPSA) is 82.7 Å². The molecule has 0 unspecified atom stereocenters. The van der Waals surface area contributed by atoms with Gasteiger partial charge in [-0.25, -0.2) is 9.37 Å². The lowest BCUT2D eigenvalue weighted by molar-refractivity contribution is -0.137. The number of carbonyl (C=O) groups excluding carboxylic acids is 1. The van der Waals surface area contributed by atoms with Crippen LogP contribution in [0.4, 0.5) is 40.3 Å². The fourth-order valence-corrected chi connectivity index (χ4v) is 5.25. The van der Waals surface area contributed by atoms with Crippen molar-refractivity contribution in [2.75, 3.05) is 48.8 Å². The maximum absolute atomic E-state index is 15.1. The number of halogens is 4. The van der Waals surface area contributed by atoms with Crippen molar-refractivity contribution in [3.05, 3.63) is 101 Å². The van der Waals surface area contributed by atoms with Crippen LogP contribution in [0.3, 0.4) is 0 Å². The summed E-state index contributed by atoms with van der Waals surface area (Å²) >= 11 is 0. The highest BCUT2D eigenvalue weighted by Gasteiger charge is 2.32. The molecular formula is C33H30F4N8O. The largest absolute Gasteiger partial charge is 0.416 e. The number of carbonyl (C=O) groups is 1. The molecule has 9 nitrogen and oxygen atoms in total. The van der Waals surface area contributed by atoms with Crippen molar-refractivity contribution < 1.29 is 22.4 Å². The van der Waals surface area contributed by atoms with Crippen LogP contribution in [0.25, 0.3) is 5.65 Å². The molecule has 0 radical (unpaired) electrons. The van der Waals surface area contributed by atoms with Crippen LogP contribution < -0.4 is 15.5 Å². The van der Waals surface area contributed by atoms with E-state index in [-0.39, 0.29) is 11.3 Å². The first-order chi connectivity index (χ1) is 21.9. The van der Waals surface area contributed by atoms with E-state index in [1.807, 2.05) is 43.5 Å². The van der Waals surface area contributed by atoms with Crippen LogP contribution in [-0.4, -0.2) is 63.2 Å². The third kappa shape index (κ3) is 6.52. The smallest absolute Gasteiger partial charge is 0.369 e. The lowest BCUT2D eigenvalue weighted by Crippen LogP contribution is -2.44. The summed E-state index contributed by atoms with van der Waals surface area (Å²) in [6.07, 6.45) is 2.31.